The van der Waals surface area contributed by atoms with Gasteiger partial charge in [-0.2, -0.15) is 0 Å². The van der Waals surface area contributed by atoms with Gasteiger partial charge >= 0.3 is 5.97 Å². The predicted molar refractivity (Wildman–Crippen MR) is 76.2 cm³/mol. The Labute approximate surface area is 119 Å². The van der Waals surface area contributed by atoms with Crippen molar-refractivity contribution in [1.29, 1.82) is 0 Å². The Hall–Kier alpha value is -1.84. The zero-order chi connectivity index (χ0) is 14.9. The highest BCUT2D eigenvalue weighted by Crippen LogP contribution is 2.31. The van der Waals surface area contributed by atoms with Gasteiger partial charge in [-0.25, -0.2) is 4.79 Å². The van der Waals surface area contributed by atoms with Crippen molar-refractivity contribution >= 4 is 11.9 Å². The summed E-state index contributed by atoms with van der Waals surface area (Å²) < 4.78 is 0. The maximum Gasteiger partial charge on any atom is 0.331 e. The summed E-state index contributed by atoms with van der Waals surface area (Å²) >= 11 is 0. The third-order valence-electron chi connectivity index (χ3n) is 4.19. The van der Waals surface area contributed by atoms with E-state index in [1.165, 1.54) is 4.90 Å². The first-order valence-electron chi connectivity index (χ1n) is 7.04. The van der Waals surface area contributed by atoms with Crippen LogP contribution in [0.15, 0.2) is 24.3 Å². The number of amides is 1. The number of nitrogens with zero attached hydrogens (tertiary/aromatic N) is 1. The fourth-order valence-electron chi connectivity index (χ4n) is 2.62. The number of hydrogen-bond acceptors (Lipinski definition) is 2. The molecule has 108 valence electrons. The highest BCUT2D eigenvalue weighted by molar-refractivity contribution is 5.86. The minimum Gasteiger partial charge on any atom is -0.479 e. The number of carbonyl (C=O) groups is 2. The van der Waals surface area contributed by atoms with E-state index in [9.17, 15) is 14.7 Å². The van der Waals surface area contributed by atoms with Crippen molar-refractivity contribution in [3.05, 3.63) is 35.4 Å². The molecule has 0 radical (unpaired) electrons. The van der Waals surface area contributed by atoms with Crippen LogP contribution >= 0.6 is 0 Å². The van der Waals surface area contributed by atoms with E-state index in [2.05, 4.69) is 0 Å². The van der Waals surface area contributed by atoms with Crippen molar-refractivity contribution in [3.8, 4) is 0 Å². The number of fused-ring (bicyclic) bond motifs is 1. The molecule has 4 heteroatoms. The van der Waals surface area contributed by atoms with E-state index in [4.69, 9.17) is 0 Å². The number of hydrogen-bond donors (Lipinski definition) is 1. The second-order valence-corrected chi connectivity index (χ2v) is 5.75. The summed E-state index contributed by atoms with van der Waals surface area (Å²) in [6.07, 6.45) is 0.719. The summed E-state index contributed by atoms with van der Waals surface area (Å²) in [5.41, 5.74) is 1.77. The van der Waals surface area contributed by atoms with E-state index >= 15 is 0 Å². The van der Waals surface area contributed by atoms with Crippen LogP contribution in [0.25, 0.3) is 0 Å². The summed E-state index contributed by atoms with van der Waals surface area (Å²) in [5, 5.41) is 9.53. The number of carboxylic acids is 1. The Balaban J connectivity index is 2.36. The molecule has 1 aliphatic heterocycles. The molecule has 1 amide bonds. The van der Waals surface area contributed by atoms with Gasteiger partial charge in [0.15, 0.2) is 6.04 Å². The molecule has 0 saturated heterocycles. The van der Waals surface area contributed by atoms with Gasteiger partial charge in [0.1, 0.15) is 0 Å². The first kappa shape index (κ1) is 14.6. The maximum absolute atomic E-state index is 12.5. The van der Waals surface area contributed by atoms with Gasteiger partial charge in [0, 0.05) is 12.5 Å². The van der Waals surface area contributed by atoms with Gasteiger partial charge < -0.3 is 10.0 Å². The second-order valence-electron chi connectivity index (χ2n) is 5.75. The Morgan fingerprint density at radius 1 is 1.25 bits per heavy atom. The molecule has 0 aromatic heterocycles. The molecule has 0 aliphatic carbocycles. The summed E-state index contributed by atoms with van der Waals surface area (Å²) in [6.45, 7) is 6.31. The van der Waals surface area contributed by atoms with Crippen molar-refractivity contribution in [2.24, 2.45) is 11.8 Å². The summed E-state index contributed by atoms with van der Waals surface area (Å²) in [7, 11) is 0. The molecular formula is C16H21NO3. The third kappa shape index (κ3) is 2.55. The quantitative estimate of drug-likeness (QED) is 0.922. The van der Waals surface area contributed by atoms with E-state index in [1.807, 2.05) is 45.0 Å². The summed E-state index contributed by atoms with van der Waals surface area (Å²) in [6, 6.07) is 6.64. The van der Waals surface area contributed by atoms with Crippen LogP contribution in [-0.4, -0.2) is 28.4 Å². The lowest BCUT2D eigenvalue weighted by Gasteiger charge is -2.37. The molecule has 2 rings (SSSR count). The normalized spacial score (nSPS) is 19.6. The van der Waals surface area contributed by atoms with Gasteiger partial charge in [-0.05, 0) is 23.5 Å². The van der Waals surface area contributed by atoms with Crippen LogP contribution in [0, 0.1) is 11.8 Å². The molecule has 0 fully saturated rings. The average Bonchev–Trinajstić information content (AvgIpc) is 2.44. The van der Waals surface area contributed by atoms with Crippen molar-refractivity contribution in [2.45, 2.75) is 33.2 Å². The molecule has 20 heavy (non-hydrogen) atoms. The minimum absolute atomic E-state index is 0.0677. The molecule has 0 spiro atoms. The fourth-order valence-corrected chi connectivity index (χ4v) is 2.62. The fraction of sp³-hybridized carbons (Fsp3) is 0.500. The van der Waals surface area contributed by atoms with Gasteiger partial charge in [-0.15, -0.1) is 0 Å². The lowest BCUT2D eigenvalue weighted by Crippen LogP contribution is -2.46. The van der Waals surface area contributed by atoms with Crippen LogP contribution in [0.1, 0.15) is 37.9 Å². The molecule has 2 unspecified atom stereocenters. The van der Waals surface area contributed by atoms with Crippen LogP contribution in [0.5, 0.6) is 0 Å². The summed E-state index contributed by atoms with van der Waals surface area (Å²) in [5.74, 6) is -0.986. The van der Waals surface area contributed by atoms with E-state index < -0.39 is 12.0 Å². The molecule has 1 aromatic carbocycles. The van der Waals surface area contributed by atoms with Gasteiger partial charge in [0.2, 0.25) is 5.91 Å². The van der Waals surface area contributed by atoms with E-state index in [1.54, 1.807) is 0 Å². The molecule has 0 saturated carbocycles. The molecular weight excluding hydrogens is 254 g/mol. The average molecular weight is 275 g/mol. The van der Waals surface area contributed by atoms with Crippen molar-refractivity contribution in [1.82, 2.24) is 4.90 Å². The number of carboxylic acid groups (broad SMARTS) is 1. The second kappa shape index (κ2) is 5.65. The van der Waals surface area contributed by atoms with Gasteiger partial charge in [0.25, 0.3) is 0 Å². The van der Waals surface area contributed by atoms with E-state index in [0.29, 0.717) is 6.54 Å². The highest BCUT2D eigenvalue weighted by Gasteiger charge is 2.37. The molecule has 4 nitrogen and oxygen atoms in total. The largest absolute Gasteiger partial charge is 0.479 e. The third-order valence-corrected chi connectivity index (χ3v) is 4.19. The Bertz CT molecular complexity index is 524. The lowest BCUT2D eigenvalue weighted by molar-refractivity contribution is -0.153. The number of benzene rings is 1. The first-order chi connectivity index (χ1) is 9.43. The standard InChI is InChI=1S/C16H21NO3/c1-10(2)11(3)15(18)17-9-8-12-6-4-5-7-13(12)14(17)16(19)20/h4-7,10-11,14H,8-9H2,1-3H3,(H,19,20). The predicted octanol–water partition coefficient (Wildman–Crippen LogP) is 2.49. The smallest absolute Gasteiger partial charge is 0.331 e. The van der Waals surface area contributed by atoms with Gasteiger partial charge in [0.05, 0.1) is 0 Å². The molecule has 1 heterocycles. The Morgan fingerprint density at radius 3 is 2.50 bits per heavy atom. The zero-order valence-electron chi connectivity index (χ0n) is 12.2. The maximum atomic E-state index is 12.5. The van der Waals surface area contributed by atoms with Crippen molar-refractivity contribution < 1.29 is 14.7 Å². The van der Waals surface area contributed by atoms with Gasteiger partial charge in [-0.3, -0.25) is 4.79 Å². The van der Waals surface area contributed by atoms with E-state index in [0.717, 1.165) is 17.5 Å². The zero-order valence-corrected chi connectivity index (χ0v) is 12.2. The number of rotatable bonds is 3. The molecule has 2 atom stereocenters. The van der Waals surface area contributed by atoms with Crippen molar-refractivity contribution in [2.75, 3.05) is 6.54 Å². The van der Waals surface area contributed by atoms with Gasteiger partial charge in [-0.1, -0.05) is 45.0 Å². The minimum atomic E-state index is -0.957. The topological polar surface area (TPSA) is 57.6 Å². The Kier molecular flexibility index (Phi) is 4.12. The number of aliphatic carboxylic acids is 1. The van der Waals surface area contributed by atoms with Crippen LogP contribution in [0.4, 0.5) is 0 Å². The molecule has 1 N–H and O–H groups in total. The monoisotopic (exact) mass is 275 g/mol. The summed E-state index contributed by atoms with van der Waals surface area (Å²) in [4.78, 5) is 25.7. The van der Waals surface area contributed by atoms with Crippen LogP contribution < -0.4 is 0 Å². The SMILES string of the molecule is CC(C)C(C)C(=O)N1CCc2ccccc2C1C(=O)O. The van der Waals surface area contributed by atoms with Crippen LogP contribution in [0.2, 0.25) is 0 Å². The van der Waals surface area contributed by atoms with E-state index in [-0.39, 0.29) is 17.7 Å². The Morgan fingerprint density at radius 2 is 1.90 bits per heavy atom. The van der Waals surface area contributed by atoms with Crippen LogP contribution in [0.3, 0.4) is 0 Å². The molecule has 1 aromatic rings. The molecule has 0 bridgehead atoms. The molecule has 1 aliphatic rings. The van der Waals surface area contributed by atoms with Crippen LogP contribution in [-0.2, 0) is 16.0 Å². The lowest BCUT2D eigenvalue weighted by atomic mass is 9.89. The number of carbonyl (C=O) groups excluding carboxylic acids is 1. The first-order valence-corrected chi connectivity index (χ1v) is 7.04. The highest BCUT2D eigenvalue weighted by atomic mass is 16.4. The van der Waals surface area contributed by atoms with Crippen molar-refractivity contribution in [3.63, 3.8) is 0 Å².